The maximum absolute atomic E-state index is 11.6. The Balaban J connectivity index is 2.33. The molecule has 1 aromatic carbocycles. The fourth-order valence-corrected chi connectivity index (χ4v) is 1.79. The zero-order chi connectivity index (χ0) is 12.4. The van der Waals surface area contributed by atoms with E-state index >= 15 is 0 Å². The molecule has 0 unspecified atom stereocenters. The van der Waals surface area contributed by atoms with Crippen LogP contribution < -0.4 is 0 Å². The van der Waals surface area contributed by atoms with Gasteiger partial charge in [0, 0.05) is 5.56 Å². The number of carbonyl (C=O) groups is 2. The van der Waals surface area contributed by atoms with Gasteiger partial charge in [0.05, 0.1) is 7.11 Å². The highest BCUT2D eigenvalue weighted by atomic mass is 16.6. The molecule has 5 nitrogen and oxygen atoms in total. The Morgan fingerprint density at radius 1 is 1.35 bits per heavy atom. The summed E-state index contributed by atoms with van der Waals surface area (Å²) >= 11 is 0. The number of nitrogens with zero attached hydrogens (tertiary/aromatic N) is 1. The van der Waals surface area contributed by atoms with E-state index < -0.39 is 24.3 Å². The van der Waals surface area contributed by atoms with Gasteiger partial charge in [-0.05, 0) is 6.92 Å². The predicted molar refractivity (Wildman–Crippen MR) is 59.0 cm³/mol. The normalized spacial score (nSPS) is 23.4. The molecule has 0 radical (unpaired) electrons. The zero-order valence-corrected chi connectivity index (χ0v) is 9.62. The van der Waals surface area contributed by atoms with Crippen LogP contribution in [0.2, 0.25) is 0 Å². The van der Waals surface area contributed by atoms with E-state index in [9.17, 15) is 9.59 Å². The quantitative estimate of drug-likeness (QED) is 0.695. The van der Waals surface area contributed by atoms with Gasteiger partial charge in [-0.15, -0.1) is 0 Å². The van der Waals surface area contributed by atoms with Crippen LogP contribution in [0.1, 0.15) is 18.7 Å². The van der Waals surface area contributed by atoms with Gasteiger partial charge < -0.3 is 9.47 Å². The molecule has 1 aromatic rings. The maximum Gasteiger partial charge on any atom is 0.413 e. The van der Waals surface area contributed by atoms with Crippen molar-refractivity contribution in [2.45, 2.75) is 19.2 Å². The van der Waals surface area contributed by atoms with Crippen molar-refractivity contribution in [1.82, 2.24) is 4.90 Å². The van der Waals surface area contributed by atoms with Crippen LogP contribution in [0, 0.1) is 0 Å². The van der Waals surface area contributed by atoms with Crippen molar-refractivity contribution in [3.63, 3.8) is 0 Å². The number of rotatable bonds is 1. The Hall–Kier alpha value is -2.04. The minimum Gasteiger partial charge on any atom is -0.453 e. The fourth-order valence-electron chi connectivity index (χ4n) is 1.79. The Bertz CT molecular complexity index is 431. The third-order valence-corrected chi connectivity index (χ3v) is 2.71. The molecule has 0 spiro atoms. The van der Waals surface area contributed by atoms with Gasteiger partial charge in [0.25, 0.3) is 0 Å². The molecule has 0 aliphatic carbocycles. The summed E-state index contributed by atoms with van der Waals surface area (Å²) in [5.41, 5.74) is 0.746. The lowest BCUT2D eigenvalue weighted by Crippen LogP contribution is -2.37. The van der Waals surface area contributed by atoms with E-state index in [0.29, 0.717) is 0 Å². The van der Waals surface area contributed by atoms with Crippen molar-refractivity contribution in [2.24, 2.45) is 0 Å². The Kier molecular flexibility index (Phi) is 2.99. The number of cyclic esters (lactones) is 1. The largest absolute Gasteiger partial charge is 0.453 e. The van der Waals surface area contributed by atoms with E-state index in [0.717, 1.165) is 5.56 Å². The summed E-state index contributed by atoms with van der Waals surface area (Å²) < 4.78 is 9.84. The fraction of sp³-hybridized carbons (Fsp3) is 0.333. The number of esters is 1. The lowest BCUT2D eigenvalue weighted by molar-refractivity contribution is -0.142. The highest BCUT2D eigenvalue weighted by molar-refractivity contribution is 5.84. The first-order valence-electron chi connectivity index (χ1n) is 5.27. The van der Waals surface area contributed by atoms with Gasteiger partial charge in [0.2, 0.25) is 6.23 Å². The van der Waals surface area contributed by atoms with Gasteiger partial charge in [0.15, 0.2) is 0 Å². The van der Waals surface area contributed by atoms with Crippen LogP contribution in [-0.4, -0.2) is 30.1 Å². The first-order valence-corrected chi connectivity index (χ1v) is 5.27. The summed E-state index contributed by atoms with van der Waals surface area (Å²) in [6, 6.07) is 8.46. The van der Waals surface area contributed by atoms with Gasteiger partial charge in [-0.1, -0.05) is 30.3 Å². The van der Waals surface area contributed by atoms with E-state index in [1.807, 2.05) is 18.2 Å². The van der Waals surface area contributed by atoms with Crippen LogP contribution >= 0.6 is 0 Å². The highest BCUT2D eigenvalue weighted by Gasteiger charge is 2.43. The second kappa shape index (κ2) is 4.45. The molecule has 0 bridgehead atoms. The number of hydrogen-bond donors (Lipinski definition) is 0. The second-order valence-corrected chi connectivity index (χ2v) is 3.75. The van der Waals surface area contributed by atoms with Crippen molar-refractivity contribution >= 4 is 12.1 Å². The number of amides is 1. The van der Waals surface area contributed by atoms with Gasteiger partial charge in [-0.3, -0.25) is 4.90 Å². The van der Waals surface area contributed by atoms with Crippen molar-refractivity contribution in [2.75, 3.05) is 7.11 Å². The number of methoxy groups -OCH3 is 1. The Labute approximate surface area is 98.9 Å². The summed E-state index contributed by atoms with van der Waals surface area (Å²) in [4.78, 5) is 24.4. The van der Waals surface area contributed by atoms with Crippen LogP contribution in [0.15, 0.2) is 30.3 Å². The van der Waals surface area contributed by atoms with E-state index in [1.54, 1.807) is 19.1 Å². The molecule has 0 N–H and O–H groups in total. The molecule has 1 fully saturated rings. The Morgan fingerprint density at radius 2 is 2.00 bits per heavy atom. The maximum atomic E-state index is 11.6. The summed E-state index contributed by atoms with van der Waals surface area (Å²) in [7, 11) is 1.28. The van der Waals surface area contributed by atoms with Crippen LogP contribution in [0.25, 0.3) is 0 Å². The molecule has 5 heteroatoms. The molecule has 2 atom stereocenters. The number of hydrogen-bond acceptors (Lipinski definition) is 4. The zero-order valence-electron chi connectivity index (χ0n) is 9.62. The topological polar surface area (TPSA) is 55.8 Å². The average Bonchev–Trinajstić information content (AvgIpc) is 2.66. The van der Waals surface area contributed by atoms with E-state index in [2.05, 4.69) is 4.74 Å². The lowest BCUT2D eigenvalue weighted by atomic mass is 10.2. The molecule has 1 saturated heterocycles. The number of benzene rings is 1. The minimum absolute atomic E-state index is 0.427. The van der Waals surface area contributed by atoms with E-state index in [1.165, 1.54) is 12.0 Å². The molecule has 2 rings (SSSR count). The van der Waals surface area contributed by atoms with Crippen molar-refractivity contribution in [3.05, 3.63) is 35.9 Å². The summed E-state index contributed by atoms with van der Waals surface area (Å²) in [6.07, 6.45) is -1.27. The number of ether oxygens (including phenoxy) is 2. The molecular formula is C12H13NO4. The third-order valence-electron chi connectivity index (χ3n) is 2.71. The lowest BCUT2D eigenvalue weighted by Gasteiger charge is -2.23. The molecule has 1 aliphatic heterocycles. The SMILES string of the molecule is COC(=O)N1[C@@H](c2ccccc2)OC(=O)[C@@H]1C. The average molecular weight is 235 g/mol. The molecule has 0 aromatic heterocycles. The smallest absolute Gasteiger partial charge is 0.413 e. The van der Waals surface area contributed by atoms with Gasteiger partial charge in [-0.2, -0.15) is 0 Å². The van der Waals surface area contributed by atoms with Crippen molar-refractivity contribution in [1.29, 1.82) is 0 Å². The standard InChI is InChI=1S/C12H13NO4/c1-8-11(14)17-10(13(8)12(15)16-2)9-6-4-3-5-7-9/h3-8,10H,1-2H3/t8-,10+/m0/s1. The molecule has 90 valence electrons. The van der Waals surface area contributed by atoms with Gasteiger partial charge in [0.1, 0.15) is 6.04 Å². The molecule has 0 saturated carbocycles. The highest BCUT2D eigenvalue weighted by Crippen LogP contribution is 2.31. The minimum atomic E-state index is -0.703. The number of carbonyl (C=O) groups excluding carboxylic acids is 2. The molecular weight excluding hydrogens is 222 g/mol. The predicted octanol–water partition coefficient (Wildman–Crippen LogP) is 1.70. The van der Waals surface area contributed by atoms with Crippen molar-refractivity contribution in [3.8, 4) is 0 Å². The van der Waals surface area contributed by atoms with E-state index in [4.69, 9.17) is 4.74 Å². The summed E-state index contributed by atoms with van der Waals surface area (Å²) in [5, 5.41) is 0. The third kappa shape index (κ3) is 1.95. The monoisotopic (exact) mass is 235 g/mol. The van der Waals surface area contributed by atoms with Gasteiger partial charge >= 0.3 is 12.1 Å². The van der Waals surface area contributed by atoms with Crippen LogP contribution in [0.5, 0.6) is 0 Å². The van der Waals surface area contributed by atoms with Gasteiger partial charge in [-0.25, -0.2) is 9.59 Å². The Morgan fingerprint density at radius 3 is 2.59 bits per heavy atom. The summed E-state index contributed by atoms with van der Waals surface area (Å²) in [6.45, 7) is 1.61. The van der Waals surface area contributed by atoms with E-state index in [-0.39, 0.29) is 0 Å². The second-order valence-electron chi connectivity index (χ2n) is 3.75. The summed E-state index contributed by atoms with van der Waals surface area (Å²) in [5.74, 6) is -0.427. The van der Waals surface area contributed by atoms with Crippen LogP contribution in [0.3, 0.4) is 0 Å². The molecule has 1 amide bonds. The molecule has 17 heavy (non-hydrogen) atoms. The van der Waals surface area contributed by atoms with Crippen LogP contribution in [0.4, 0.5) is 4.79 Å². The van der Waals surface area contributed by atoms with Crippen LogP contribution in [-0.2, 0) is 14.3 Å². The molecule has 1 aliphatic rings. The van der Waals surface area contributed by atoms with Crippen molar-refractivity contribution < 1.29 is 19.1 Å². The first-order chi connectivity index (χ1) is 8.15. The molecule has 1 heterocycles. The first kappa shape index (κ1) is 11.4.